The van der Waals surface area contributed by atoms with Gasteiger partial charge >= 0.3 is 5.97 Å². The average molecular weight is 293 g/mol. The molecule has 3 rings (SSSR count). The predicted molar refractivity (Wildman–Crippen MR) is 68.7 cm³/mol. The first kappa shape index (κ1) is 11.0. The highest BCUT2D eigenvalue weighted by molar-refractivity contribution is 9.10. The number of carboxylic acid groups (broad SMARTS) is 1. The zero-order valence-electron chi connectivity index (χ0n) is 9.21. The van der Waals surface area contributed by atoms with Gasteiger partial charge in [-0.15, -0.1) is 0 Å². The van der Waals surface area contributed by atoms with Gasteiger partial charge in [0.05, 0.1) is 5.92 Å². The second-order valence-electron chi connectivity index (χ2n) is 4.86. The van der Waals surface area contributed by atoms with E-state index in [1.54, 1.807) is 0 Å². The summed E-state index contributed by atoms with van der Waals surface area (Å²) in [6, 6.07) is 7.98. The zero-order chi connectivity index (χ0) is 12.0. The van der Waals surface area contributed by atoms with Gasteiger partial charge in [-0.3, -0.25) is 4.79 Å². The summed E-state index contributed by atoms with van der Waals surface area (Å²) in [6.45, 7) is 0. The van der Waals surface area contributed by atoms with Crippen molar-refractivity contribution in [2.75, 3.05) is 0 Å². The Labute approximate surface area is 108 Å². The van der Waals surface area contributed by atoms with Crippen LogP contribution in [0.25, 0.3) is 0 Å². The van der Waals surface area contributed by atoms with Gasteiger partial charge in [0.2, 0.25) is 0 Å². The van der Waals surface area contributed by atoms with Crippen molar-refractivity contribution in [2.45, 2.75) is 12.3 Å². The summed E-state index contributed by atoms with van der Waals surface area (Å²) >= 11 is 3.54. The topological polar surface area (TPSA) is 37.3 Å². The van der Waals surface area contributed by atoms with E-state index in [0.29, 0.717) is 5.92 Å². The minimum Gasteiger partial charge on any atom is -0.481 e. The number of carboxylic acids is 1. The number of fused-ring (bicyclic) bond motifs is 2. The maximum Gasteiger partial charge on any atom is 0.307 e. The van der Waals surface area contributed by atoms with E-state index in [4.69, 9.17) is 0 Å². The molecule has 1 aromatic rings. The molecule has 0 heterocycles. The van der Waals surface area contributed by atoms with Crippen molar-refractivity contribution in [1.82, 2.24) is 0 Å². The van der Waals surface area contributed by atoms with E-state index in [0.717, 1.165) is 16.5 Å². The fraction of sp³-hybridized carbons (Fsp3) is 0.357. The molecule has 1 fully saturated rings. The molecule has 2 aliphatic carbocycles. The normalized spacial score (nSPS) is 34.2. The molecule has 17 heavy (non-hydrogen) atoms. The lowest BCUT2D eigenvalue weighted by molar-refractivity contribution is -0.143. The maximum absolute atomic E-state index is 11.4. The molecule has 0 amide bonds. The fourth-order valence-electron chi connectivity index (χ4n) is 3.33. The smallest absolute Gasteiger partial charge is 0.307 e. The van der Waals surface area contributed by atoms with Gasteiger partial charge in [0, 0.05) is 10.4 Å². The van der Waals surface area contributed by atoms with Crippen LogP contribution in [-0.4, -0.2) is 11.1 Å². The first-order valence-corrected chi connectivity index (χ1v) is 6.63. The second-order valence-corrected chi connectivity index (χ2v) is 5.71. The number of rotatable bonds is 2. The predicted octanol–water partition coefficient (Wildman–Crippen LogP) is 3.44. The highest BCUT2D eigenvalue weighted by Crippen LogP contribution is 2.54. The molecule has 4 atom stereocenters. The molecule has 0 radical (unpaired) electrons. The Bertz CT molecular complexity index is 495. The van der Waals surface area contributed by atoms with Crippen LogP contribution in [-0.2, 0) is 4.79 Å². The number of hydrogen-bond acceptors (Lipinski definition) is 1. The number of halogens is 1. The number of hydrogen-bond donors (Lipinski definition) is 1. The Morgan fingerprint density at radius 1 is 1.24 bits per heavy atom. The lowest BCUT2D eigenvalue weighted by Crippen LogP contribution is -2.26. The SMILES string of the molecule is O=C(O)C1C2C=CC(C2)C1c1ccccc1Br. The van der Waals surface area contributed by atoms with Crippen LogP contribution in [0, 0.1) is 17.8 Å². The van der Waals surface area contributed by atoms with E-state index in [2.05, 4.69) is 28.1 Å². The van der Waals surface area contributed by atoms with Crippen molar-refractivity contribution < 1.29 is 9.90 Å². The molecule has 1 saturated carbocycles. The molecule has 1 N–H and O–H groups in total. The molecular weight excluding hydrogens is 280 g/mol. The third-order valence-corrected chi connectivity index (χ3v) is 4.73. The molecule has 3 heteroatoms. The number of aliphatic carboxylic acids is 1. The molecular formula is C14H13BrO2. The van der Waals surface area contributed by atoms with E-state index in [1.165, 1.54) is 0 Å². The van der Waals surface area contributed by atoms with Gasteiger partial charge in [-0.1, -0.05) is 46.3 Å². The van der Waals surface area contributed by atoms with E-state index in [1.807, 2.05) is 24.3 Å². The average Bonchev–Trinajstić information content (AvgIpc) is 2.89. The third kappa shape index (κ3) is 1.64. The van der Waals surface area contributed by atoms with Crippen LogP contribution in [0.4, 0.5) is 0 Å². The van der Waals surface area contributed by atoms with E-state index in [9.17, 15) is 9.90 Å². The Hall–Kier alpha value is -1.09. The highest BCUT2D eigenvalue weighted by Gasteiger charge is 2.49. The summed E-state index contributed by atoms with van der Waals surface area (Å²) in [7, 11) is 0. The second kappa shape index (κ2) is 3.98. The minimum atomic E-state index is -0.664. The summed E-state index contributed by atoms with van der Waals surface area (Å²) in [5.41, 5.74) is 1.14. The van der Waals surface area contributed by atoms with Crippen molar-refractivity contribution in [3.63, 3.8) is 0 Å². The monoisotopic (exact) mass is 292 g/mol. The first-order valence-electron chi connectivity index (χ1n) is 5.84. The van der Waals surface area contributed by atoms with Crippen LogP contribution in [0.5, 0.6) is 0 Å². The number of benzene rings is 1. The van der Waals surface area contributed by atoms with Crippen LogP contribution in [0.2, 0.25) is 0 Å². The van der Waals surface area contributed by atoms with E-state index >= 15 is 0 Å². The summed E-state index contributed by atoms with van der Waals surface area (Å²) in [5, 5.41) is 9.41. The van der Waals surface area contributed by atoms with Gasteiger partial charge in [-0.05, 0) is 29.9 Å². The molecule has 2 aliphatic rings. The Balaban J connectivity index is 2.05. The molecule has 0 aliphatic heterocycles. The maximum atomic E-state index is 11.4. The summed E-state index contributed by atoms with van der Waals surface area (Å²) in [6.07, 6.45) is 5.26. The largest absolute Gasteiger partial charge is 0.481 e. The molecule has 2 bridgehead atoms. The molecule has 2 nitrogen and oxygen atoms in total. The number of carbonyl (C=O) groups is 1. The fourth-order valence-corrected chi connectivity index (χ4v) is 3.88. The Morgan fingerprint density at radius 2 is 1.94 bits per heavy atom. The molecule has 1 aromatic carbocycles. The van der Waals surface area contributed by atoms with Crippen LogP contribution in [0.15, 0.2) is 40.9 Å². The summed E-state index contributed by atoms with van der Waals surface area (Å²) in [5.74, 6) is -0.196. The van der Waals surface area contributed by atoms with Gasteiger partial charge < -0.3 is 5.11 Å². The van der Waals surface area contributed by atoms with Crippen molar-refractivity contribution >= 4 is 21.9 Å². The van der Waals surface area contributed by atoms with Gasteiger partial charge in [0.15, 0.2) is 0 Å². The lowest BCUT2D eigenvalue weighted by Gasteiger charge is -2.26. The van der Waals surface area contributed by atoms with Crippen molar-refractivity contribution in [1.29, 1.82) is 0 Å². The Kier molecular flexibility index (Phi) is 2.58. The quantitative estimate of drug-likeness (QED) is 0.848. The van der Waals surface area contributed by atoms with Gasteiger partial charge in [0.25, 0.3) is 0 Å². The number of allylic oxidation sites excluding steroid dienone is 2. The van der Waals surface area contributed by atoms with Crippen molar-refractivity contribution in [3.05, 3.63) is 46.5 Å². The lowest BCUT2D eigenvalue weighted by atomic mass is 9.78. The molecule has 4 unspecified atom stereocenters. The zero-order valence-corrected chi connectivity index (χ0v) is 10.8. The van der Waals surface area contributed by atoms with Gasteiger partial charge in [-0.25, -0.2) is 0 Å². The molecule has 0 spiro atoms. The van der Waals surface area contributed by atoms with Crippen molar-refractivity contribution in [2.24, 2.45) is 17.8 Å². The van der Waals surface area contributed by atoms with Crippen LogP contribution < -0.4 is 0 Å². The van der Waals surface area contributed by atoms with Gasteiger partial charge in [0.1, 0.15) is 0 Å². The van der Waals surface area contributed by atoms with Gasteiger partial charge in [-0.2, -0.15) is 0 Å². The molecule has 0 saturated heterocycles. The standard InChI is InChI=1S/C14H13BrO2/c15-11-4-2-1-3-10(11)12-8-5-6-9(7-8)13(12)14(16)17/h1-6,8-9,12-13H,7H2,(H,16,17). The van der Waals surface area contributed by atoms with Crippen LogP contribution >= 0.6 is 15.9 Å². The first-order chi connectivity index (χ1) is 8.18. The van der Waals surface area contributed by atoms with Crippen LogP contribution in [0.3, 0.4) is 0 Å². The van der Waals surface area contributed by atoms with Crippen LogP contribution in [0.1, 0.15) is 17.9 Å². The summed E-state index contributed by atoms with van der Waals surface area (Å²) < 4.78 is 1.03. The van der Waals surface area contributed by atoms with E-state index < -0.39 is 5.97 Å². The third-order valence-electron chi connectivity index (χ3n) is 4.01. The van der Waals surface area contributed by atoms with E-state index in [-0.39, 0.29) is 17.8 Å². The molecule has 88 valence electrons. The Morgan fingerprint density at radius 3 is 2.65 bits per heavy atom. The highest BCUT2D eigenvalue weighted by atomic mass is 79.9. The molecule has 0 aromatic heterocycles. The van der Waals surface area contributed by atoms with Crippen molar-refractivity contribution in [3.8, 4) is 0 Å². The summed E-state index contributed by atoms with van der Waals surface area (Å²) in [4.78, 5) is 11.4. The minimum absolute atomic E-state index is 0.123.